The van der Waals surface area contributed by atoms with Gasteiger partial charge in [0.2, 0.25) is 5.91 Å². The lowest BCUT2D eigenvalue weighted by molar-refractivity contribution is -0.127. The minimum atomic E-state index is -0.579. The predicted molar refractivity (Wildman–Crippen MR) is 135 cm³/mol. The highest BCUT2D eigenvalue weighted by Gasteiger charge is 2.31. The van der Waals surface area contributed by atoms with E-state index in [9.17, 15) is 9.59 Å². The molecule has 1 fully saturated rings. The van der Waals surface area contributed by atoms with E-state index in [4.69, 9.17) is 15.9 Å². The highest BCUT2D eigenvalue weighted by Crippen LogP contribution is 2.22. The summed E-state index contributed by atoms with van der Waals surface area (Å²) in [5, 5.41) is 8.75. The topological polar surface area (TPSA) is 112 Å². The van der Waals surface area contributed by atoms with Gasteiger partial charge in [-0.05, 0) is 66.4 Å². The molecule has 1 aliphatic heterocycles. The summed E-state index contributed by atoms with van der Waals surface area (Å²) < 4.78 is 5.52. The summed E-state index contributed by atoms with van der Waals surface area (Å²) in [4.78, 5) is 32.3. The predicted octanol–water partition coefficient (Wildman–Crippen LogP) is 4.55. The monoisotopic (exact) mass is 461 g/mol. The first-order chi connectivity index (χ1) is 15.5. The summed E-state index contributed by atoms with van der Waals surface area (Å²) in [7, 11) is 0. The maximum absolute atomic E-state index is 12.6. The summed E-state index contributed by atoms with van der Waals surface area (Å²) in [6, 6.07) is -0.192. The fourth-order valence-electron chi connectivity index (χ4n) is 3.53. The molecule has 8 heteroatoms. The molecule has 2 amide bonds. The second-order valence-corrected chi connectivity index (χ2v) is 8.64. The van der Waals surface area contributed by atoms with Crippen LogP contribution in [-0.4, -0.2) is 58.7 Å². The van der Waals surface area contributed by atoms with E-state index in [0.29, 0.717) is 25.2 Å². The number of nitrogens with zero attached hydrogens (tertiary/aromatic N) is 3. The summed E-state index contributed by atoms with van der Waals surface area (Å²) in [5.74, 6) is 5.14. The average molecular weight is 462 g/mol. The van der Waals surface area contributed by atoms with Crippen LogP contribution in [0.1, 0.15) is 81.1 Å². The molecule has 8 nitrogen and oxygen atoms in total. The van der Waals surface area contributed by atoms with Crippen LogP contribution in [0.5, 0.6) is 0 Å². The fraction of sp³-hybridized carbons (Fsp3) is 0.680. The Morgan fingerprint density at radius 2 is 1.85 bits per heavy atom. The number of carbonyl (C=O) groups excluding carboxylic acids is 2. The molecule has 0 spiro atoms. The van der Waals surface area contributed by atoms with E-state index in [-0.39, 0.29) is 23.9 Å². The number of hydrogen-bond donors (Lipinski definition) is 2. The first-order valence-electron chi connectivity index (χ1n) is 11.7. The van der Waals surface area contributed by atoms with Crippen LogP contribution in [0.3, 0.4) is 0 Å². The SMILES string of the molecule is CC.CC#CC(C=C(C)N=CN)C(=N)N(C(C)=O)C1CCCCN(C(=O)OC(C)(C)C)CC1. The van der Waals surface area contributed by atoms with Crippen LogP contribution in [0.15, 0.2) is 16.8 Å². The number of allylic oxidation sites excluding steroid dienone is 1. The van der Waals surface area contributed by atoms with Crippen molar-refractivity contribution in [2.75, 3.05) is 13.1 Å². The summed E-state index contributed by atoms with van der Waals surface area (Å²) in [6.07, 6.45) is 5.57. The largest absolute Gasteiger partial charge is 0.444 e. The number of hydrogen-bond acceptors (Lipinski definition) is 5. The third kappa shape index (κ3) is 11.0. The maximum atomic E-state index is 12.6. The zero-order chi connectivity index (χ0) is 25.6. The van der Waals surface area contributed by atoms with Crippen molar-refractivity contribution in [3.8, 4) is 11.8 Å². The molecular weight excluding hydrogens is 418 g/mol. The molecule has 1 saturated heterocycles. The van der Waals surface area contributed by atoms with Gasteiger partial charge in [-0.1, -0.05) is 19.8 Å². The third-order valence-corrected chi connectivity index (χ3v) is 4.84. The van der Waals surface area contributed by atoms with Gasteiger partial charge in [-0.2, -0.15) is 0 Å². The van der Waals surface area contributed by atoms with E-state index in [1.165, 1.54) is 18.2 Å². The number of amides is 2. The molecule has 1 heterocycles. The molecule has 1 rings (SSSR count). The third-order valence-electron chi connectivity index (χ3n) is 4.84. The van der Waals surface area contributed by atoms with Crippen molar-refractivity contribution in [1.29, 1.82) is 5.41 Å². The molecule has 2 unspecified atom stereocenters. The van der Waals surface area contributed by atoms with Crippen LogP contribution in [0.2, 0.25) is 0 Å². The van der Waals surface area contributed by atoms with Gasteiger partial charge in [0.05, 0.1) is 12.3 Å². The molecule has 0 aromatic heterocycles. The van der Waals surface area contributed by atoms with E-state index < -0.39 is 11.5 Å². The highest BCUT2D eigenvalue weighted by atomic mass is 16.6. The van der Waals surface area contributed by atoms with Gasteiger partial charge in [0.25, 0.3) is 0 Å². The van der Waals surface area contributed by atoms with Crippen LogP contribution >= 0.6 is 0 Å². The molecule has 0 radical (unpaired) electrons. The van der Waals surface area contributed by atoms with Crippen molar-refractivity contribution in [2.45, 2.75) is 92.7 Å². The van der Waals surface area contributed by atoms with E-state index in [1.807, 2.05) is 34.6 Å². The van der Waals surface area contributed by atoms with Gasteiger partial charge in [-0.3, -0.25) is 15.1 Å². The first kappa shape index (κ1) is 30.2. The molecule has 2 atom stereocenters. The minimum absolute atomic E-state index is 0.114. The molecule has 0 aromatic carbocycles. The van der Waals surface area contributed by atoms with Gasteiger partial charge in [0, 0.05) is 31.8 Å². The van der Waals surface area contributed by atoms with Crippen molar-refractivity contribution >= 4 is 24.2 Å². The lowest BCUT2D eigenvalue weighted by Gasteiger charge is -2.36. The van der Waals surface area contributed by atoms with E-state index in [1.54, 1.807) is 24.8 Å². The number of carbonyl (C=O) groups is 2. The Morgan fingerprint density at radius 3 is 2.36 bits per heavy atom. The normalized spacial score (nSPS) is 18.0. The van der Waals surface area contributed by atoms with Crippen LogP contribution in [0, 0.1) is 23.2 Å². The van der Waals surface area contributed by atoms with Crippen LogP contribution in [0.4, 0.5) is 4.79 Å². The van der Waals surface area contributed by atoms with Gasteiger partial charge in [-0.15, -0.1) is 5.92 Å². The zero-order valence-electron chi connectivity index (χ0n) is 21.7. The molecular formula is C25H43N5O3. The lowest BCUT2D eigenvalue weighted by Crippen LogP contribution is -2.48. The fourth-order valence-corrected chi connectivity index (χ4v) is 3.53. The summed E-state index contributed by atoms with van der Waals surface area (Å²) in [6.45, 7) is 15.6. The number of nitrogens with one attached hydrogen (secondary N) is 1. The average Bonchev–Trinajstić information content (AvgIpc) is 2.69. The highest BCUT2D eigenvalue weighted by molar-refractivity contribution is 5.99. The molecule has 33 heavy (non-hydrogen) atoms. The van der Waals surface area contributed by atoms with Crippen molar-refractivity contribution in [2.24, 2.45) is 16.6 Å². The summed E-state index contributed by atoms with van der Waals surface area (Å²) in [5.41, 5.74) is 5.42. The molecule has 0 aliphatic carbocycles. The maximum Gasteiger partial charge on any atom is 0.410 e. The molecule has 0 saturated carbocycles. The Morgan fingerprint density at radius 1 is 1.21 bits per heavy atom. The van der Waals surface area contributed by atoms with Crippen LogP contribution in [-0.2, 0) is 9.53 Å². The molecule has 0 aromatic rings. The smallest absolute Gasteiger partial charge is 0.410 e. The van der Waals surface area contributed by atoms with Gasteiger partial charge < -0.3 is 15.4 Å². The zero-order valence-corrected chi connectivity index (χ0v) is 21.7. The number of ether oxygens (including phenoxy) is 1. The molecule has 3 N–H and O–H groups in total. The van der Waals surface area contributed by atoms with Gasteiger partial charge >= 0.3 is 6.09 Å². The first-order valence-corrected chi connectivity index (χ1v) is 11.7. The number of amidine groups is 1. The Labute approximate surface area is 200 Å². The standard InChI is InChI=1S/C23H37N5O3.C2H6/c1-7-10-19(15-17(2)26-16-24)21(25)28(18(3)29)20-11-8-9-13-27(14-12-20)22(30)31-23(4,5)6;1-2/h15-16,19-20,25H,8-9,11-14H2,1-6H3,(H2,24,26);1-2H3. The van der Waals surface area contributed by atoms with E-state index in [2.05, 4.69) is 16.8 Å². The minimum Gasteiger partial charge on any atom is -0.444 e. The van der Waals surface area contributed by atoms with Gasteiger partial charge in [0.1, 0.15) is 11.4 Å². The number of rotatable bonds is 4. The number of likely N-dealkylation sites (tertiary alicyclic amines) is 1. The second kappa shape index (κ2) is 15.1. The van der Waals surface area contributed by atoms with Crippen molar-refractivity contribution in [3.63, 3.8) is 0 Å². The number of aliphatic imine (C=N–C) groups is 1. The summed E-state index contributed by atoms with van der Waals surface area (Å²) >= 11 is 0. The Hall–Kier alpha value is -2.82. The van der Waals surface area contributed by atoms with Crippen LogP contribution in [0.25, 0.3) is 0 Å². The Balaban J connectivity index is 0.00000497. The second-order valence-electron chi connectivity index (χ2n) is 8.64. The lowest BCUT2D eigenvalue weighted by atomic mass is 9.98. The van der Waals surface area contributed by atoms with Crippen molar-refractivity contribution in [3.05, 3.63) is 11.8 Å². The van der Waals surface area contributed by atoms with Gasteiger partial charge in [-0.25, -0.2) is 9.79 Å². The van der Waals surface area contributed by atoms with E-state index in [0.717, 1.165) is 19.3 Å². The number of nitrogens with two attached hydrogens (primary N) is 1. The van der Waals surface area contributed by atoms with Crippen LogP contribution < -0.4 is 5.73 Å². The van der Waals surface area contributed by atoms with E-state index >= 15 is 0 Å². The Bertz CT molecular complexity index is 771. The Kier molecular flexibility index (Phi) is 13.8. The molecule has 1 aliphatic rings. The quantitative estimate of drug-likeness (QED) is 0.363. The van der Waals surface area contributed by atoms with Crippen molar-refractivity contribution in [1.82, 2.24) is 9.80 Å². The molecule has 0 bridgehead atoms. The van der Waals surface area contributed by atoms with Gasteiger partial charge in [0.15, 0.2) is 0 Å². The molecule has 186 valence electrons. The van der Waals surface area contributed by atoms with Crippen molar-refractivity contribution < 1.29 is 14.3 Å².